The highest BCUT2D eigenvalue weighted by Crippen LogP contribution is 2.29. The summed E-state index contributed by atoms with van der Waals surface area (Å²) in [6, 6.07) is 5.90. The number of halogens is 3. The molecule has 90 valence electrons. The van der Waals surface area contributed by atoms with Gasteiger partial charge in [-0.15, -0.1) is 0 Å². The van der Waals surface area contributed by atoms with Crippen molar-refractivity contribution in [3.05, 3.63) is 35.4 Å². The molecule has 0 amide bonds. The number of hydrogen-bond acceptors (Lipinski definition) is 2. The van der Waals surface area contributed by atoms with E-state index in [4.69, 9.17) is 5.26 Å². The number of alkyl halides is 3. The number of rotatable bonds is 3. The van der Waals surface area contributed by atoms with Crippen LogP contribution in [0.15, 0.2) is 24.3 Å². The maximum atomic E-state index is 12.3. The molecule has 1 rings (SSSR count). The van der Waals surface area contributed by atoms with Crippen molar-refractivity contribution in [3.8, 4) is 6.07 Å². The molecule has 0 aliphatic rings. The van der Waals surface area contributed by atoms with Crippen LogP contribution in [-0.2, 0) is 6.18 Å². The molecule has 0 heterocycles. The zero-order chi connectivity index (χ0) is 13.1. The molecule has 5 heteroatoms. The molecule has 0 aromatic heterocycles. The van der Waals surface area contributed by atoms with Gasteiger partial charge < -0.3 is 0 Å². The van der Waals surface area contributed by atoms with E-state index in [-0.39, 0.29) is 17.8 Å². The molecule has 0 saturated heterocycles. The molecule has 0 N–H and O–H groups in total. The predicted molar refractivity (Wildman–Crippen MR) is 55.2 cm³/mol. The summed E-state index contributed by atoms with van der Waals surface area (Å²) in [5.74, 6) is -0.766. The van der Waals surface area contributed by atoms with Crippen molar-refractivity contribution in [2.45, 2.75) is 19.5 Å². The molecule has 1 aromatic rings. The fraction of sp³-hybridized carbons (Fsp3) is 0.333. The van der Waals surface area contributed by atoms with Crippen molar-refractivity contribution in [2.75, 3.05) is 0 Å². The van der Waals surface area contributed by atoms with Crippen molar-refractivity contribution in [2.24, 2.45) is 5.92 Å². The average molecular weight is 241 g/mol. The van der Waals surface area contributed by atoms with Gasteiger partial charge >= 0.3 is 6.18 Å². The third-order valence-corrected chi connectivity index (χ3v) is 2.25. The zero-order valence-electron chi connectivity index (χ0n) is 9.08. The Bertz CT molecular complexity index is 442. The molecule has 0 aliphatic heterocycles. The summed E-state index contributed by atoms with van der Waals surface area (Å²) in [5.41, 5.74) is -0.595. The van der Waals surface area contributed by atoms with E-state index in [0.29, 0.717) is 0 Å². The monoisotopic (exact) mass is 241 g/mol. The van der Waals surface area contributed by atoms with Gasteiger partial charge in [0.25, 0.3) is 0 Å². The van der Waals surface area contributed by atoms with Crippen molar-refractivity contribution in [1.29, 1.82) is 5.26 Å². The summed E-state index contributed by atoms with van der Waals surface area (Å²) < 4.78 is 36.8. The van der Waals surface area contributed by atoms with Crippen LogP contribution in [0.2, 0.25) is 0 Å². The summed E-state index contributed by atoms with van der Waals surface area (Å²) in [4.78, 5) is 11.5. The van der Waals surface area contributed by atoms with Crippen molar-refractivity contribution in [1.82, 2.24) is 0 Å². The highest BCUT2D eigenvalue weighted by molar-refractivity contribution is 5.96. The molecule has 1 unspecified atom stereocenters. The van der Waals surface area contributed by atoms with Crippen LogP contribution in [0.1, 0.15) is 29.3 Å². The molecular formula is C12H10F3NO. The second kappa shape index (κ2) is 5.00. The van der Waals surface area contributed by atoms with Crippen LogP contribution >= 0.6 is 0 Å². The van der Waals surface area contributed by atoms with Gasteiger partial charge in [-0.05, 0) is 19.1 Å². The van der Waals surface area contributed by atoms with Crippen LogP contribution in [0.5, 0.6) is 0 Å². The van der Waals surface area contributed by atoms with E-state index in [0.717, 1.165) is 24.3 Å². The van der Waals surface area contributed by atoms with E-state index in [9.17, 15) is 18.0 Å². The number of carbonyl (C=O) groups is 1. The smallest absolute Gasteiger partial charge is 0.294 e. The zero-order valence-corrected chi connectivity index (χ0v) is 9.08. The molecule has 0 saturated carbocycles. The minimum atomic E-state index is -4.40. The van der Waals surface area contributed by atoms with Crippen molar-refractivity contribution >= 4 is 5.78 Å². The first kappa shape index (κ1) is 13.2. The first-order valence-electron chi connectivity index (χ1n) is 4.94. The Morgan fingerprint density at radius 1 is 1.35 bits per heavy atom. The van der Waals surface area contributed by atoms with E-state index >= 15 is 0 Å². The Kier molecular flexibility index (Phi) is 3.89. The second-order valence-corrected chi connectivity index (χ2v) is 3.73. The Labute approximate surface area is 96.7 Å². The lowest BCUT2D eigenvalue weighted by atomic mass is 10.00. The van der Waals surface area contributed by atoms with Gasteiger partial charge in [-0.1, -0.05) is 12.1 Å². The fourth-order valence-electron chi connectivity index (χ4n) is 1.29. The highest BCUT2D eigenvalue weighted by Gasteiger charge is 2.30. The number of nitrogens with zero attached hydrogens (tertiary/aromatic N) is 1. The molecule has 1 aromatic carbocycles. The summed E-state index contributed by atoms with van der Waals surface area (Å²) in [5, 5.41) is 8.53. The SMILES string of the molecule is CC(C#N)CC(=O)c1ccc(C(F)(F)F)cc1. The molecule has 0 spiro atoms. The predicted octanol–water partition coefficient (Wildman–Crippen LogP) is 3.44. The average Bonchev–Trinajstić information content (AvgIpc) is 2.27. The largest absolute Gasteiger partial charge is 0.416 e. The van der Waals surface area contributed by atoms with Crippen molar-refractivity contribution in [3.63, 3.8) is 0 Å². The Morgan fingerprint density at radius 2 is 1.88 bits per heavy atom. The standard InChI is InChI=1S/C12H10F3NO/c1-8(7-16)6-11(17)9-2-4-10(5-3-9)12(13,14)15/h2-5,8H,6H2,1H3. The molecule has 2 nitrogen and oxygen atoms in total. The summed E-state index contributed by atoms with van der Waals surface area (Å²) >= 11 is 0. The third-order valence-electron chi connectivity index (χ3n) is 2.25. The topological polar surface area (TPSA) is 40.9 Å². The minimum Gasteiger partial charge on any atom is -0.294 e. The van der Waals surface area contributed by atoms with Crippen molar-refractivity contribution < 1.29 is 18.0 Å². The third kappa shape index (κ3) is 3.59. The van der Waals surface area contributed by atoms with Crippen LogP contribution in [0.4, 0.5) is 13.2 Å². The quantitative estimate of drug-likeness (QED) is 0.760. The lowest BCUT2D eigenvalue weighted by Gasteiger charge is -2.07. The maximum absolute atomic E-state index is 12.3. The Morgan fingerprint density at radius 3 is 2.29 bits per heavy atom. The number of Topliss-reactive ketones (excluding diaryl/α,β-unsaturated/α-hetero) is 1. The Balaban J connectivity index is 2.82. The molecule has 17 heavy (non-hydrogen) atoms. The van der Waals surface area contributed by atoms with E-state index < -0.39 is 17.7 Å². The van der Waals surface area contributed by atoms with E-state index in [1.807, 2.05) is 6.07 Å². The van der Waals surface area contributed by atoms with Gasteiger partial charge in [-0.2, -0.15) is 18.4 Å². The lowest BCUT2D eigenvalue weighted by molar-refractivity contribution is -0.137. The molecular weight excluding hydrogens is 231 g/mol. The van der Waals surface area contributed by atoms with E-state index in [2.05, 4.69) is 0 Å². The van der Waals surface area contributed by atoms with Crippen LogP contribution < -0.4 is 0 Å². The summed E-state index contributed by atoms with van der Waals surface area (Å²) in [7, 11) is 0. The van der Waals surface area contributed by atoms with Crippen LogP contribution in [0.3, 0.4) is 0 Å². The normalized spacial score (nSPS) is 12.9. The molecule has 0 radical (unpaired) electrons. The van der Waals surface area contributed by atoms with Gasteiger partial charge in [-0.3, -0.25) is 4.79 Å². The second-order valence-electron chi connectivity index (χ2n) is 3.73. The van der Waals surface area contributed by atoms with Gasteiger partial charge in [0, 0.05) is 12.0 Å². The molecule has 0 fully saturated rings. The summed E-state index contributed by atoms with van der Waals surface area (Å²) in [6.07, 6.45) is -4.39. The lowest BCUT2D eigenvalue weighted by Crippen LogP contribution is -2.07. The summed E-state index contributed by atoms with van der Waals surface area (Å²) in [6.45, 7) is 1.59. The number of hydrogen-bond donors (Lipinski definition) is 0. The van der Waals surface area contributed by atoms with Gasteiger partial charge in [0.05, 0.1) is 17.6 Å². The van der Waals surface area contributed by atoms with Crippen LogP contribution in [-0.4, -0.2) is 5.78 Å². The number of nitriles is 1. The maximum Gasteiger partial charge on any atom is 0.416 e. The number of ketones is 1. The first-order chi connectivity index (χ1) is 7.84. The highest BCUT2D eigenvalue weighted by atomic mass is 19.4. The first-order valence-corrected chi connectivity index (χ1v) is 4.94. The molecule has 0 aliphatic carbocycles. The van der Waals surface area contributed by atoms with Crippen LogP contribution in [0, 0.1) is 17.2 Å². The minimum absolute atomic E-state index is 0.0157. The Hall–Kier alpha value is -1.83. The molecule has 0 bridgehead atoms. The number of carbonyl (C=O) groups excluding carboxylic acids is 1. The van der Waals surface area contributed by atoms with Gasteiger partial charge in [0.15, 0.2) is 5.78 Å². The van der Waals surface area contributed by atoms with E-state index in [1.165, 1.54) is 0 Å². The van der Waals surface area contributed by atoms with Gasteiger partial charge in [0.2, 0.25) is 0 Å². The number of benzene rings is 1. The van der Waals surface area contributed by atoms with Crippen LogP contribution in [0.25, 0.3) is 0 Å². The van der Waals surface area contributed by atoms with Gasteiger partial charge in [-0.25, -0.2) is 0 Å². The fourth-order valence-corrected chi connectivity index (χ4v) is 1.29. The molecule has 1 atom stereocenters. The van der Waals surface area contributed by atoms with E-state index in [1.54, 1.807) is 6.92 Å². The van der Waals surface area contributed by atoms with Gasteiger partial charge in [0.1, 0.15) is 0 Å².